The molecule has 0 aromatic rings. The van der Waals surface area contributed by atoms with Crippen molar-refractivity contribution >= 4 is 0 Å². The summed E-state index contributed by atoms with van der Waals surface area (Å²) in [5.74, 6) is 0. The van der Waals surface area contributed by atoms with Gasteiger partial charge < -0.3 is 10.1 Å². The van der Waals surface area contributed by atoms with E-state index in [4.69, 9.17) is 4.74 Å². The molecule has 1 aliphatic heterocycles. The molecular weight excluding hydrogens is 186 g/mol. The van der Waals surface area contributed by atoms with Gasteiger partial charge in [-0.25, -0.2) is 0 Å². The number of rotatable bonds is 5. The van der Waals surface area contributed by atoms with Crippen LogP contribution in [-0.2, 0) is 4.74 Å². The summed E-state index contributed by atoms with van der Waals surface area (Å²) in [6.45, 7) is 9.97. The fraction of sp³-hybridized carbons (Fsp3) is 1.00. The van der Waals surface area contributed by atoms with Gasteiger partial charge in [0.1, 0.15) is 0 Å². The third kappa shape index (κ3) is 3.46. The zero-order chi connectivity index (χ0) is 11.3. The van der Waals surface area contributed by atoms with Gasteiger partial charge in [0.15, 0.2) is 0 Å². The van der Waals surface area contributed by atoms with E-state index < -0.39 is 0 Å². The van der Waals surface area contributed by atoms with E-state index in [1.807, 2.05) is 0 Å². The molecule has 2 heteroatoms. The van der Waals surface area contributed by atoms with Crippen LogP contribution in [0.5, 0.6) is 0 Å². The van der Waals surface area contributed by atoms with Crippen molar-refractivity contribution in [3.05, 3.63) is 0 Å². The molecule has 0 amide bonds. The number of ether oxygens (including phenoxy) is 1. The lowest BCUT2D eigenvalue weighted by Gasteiger charge is -2.44. The zero-order valence-electron chi connectivity index (χ0n) is 10.8. The van der Waals surface area contributed by atoms with Crippen LogP contribution >= 0.6 is 0 Å². The Bertz CT molecular complexity index is 183. The van der Waals surface area contributed by atoms with Crippen molar-refractivity contribution in [1.82, 2.24) is 5.32 Å². The fourth-order valence-electron chi connectivity index (χ4n) is 2.60. The summed E-state index contributed by atoms with van der Waals surface area (Å²) in [4.78, 5) is 0. The highest BCUT2D eigenvalue weighted by Crippen LogP contribution is 2.27. The predicted octanol–water partition coefficient (Wildman–Crippen LogP) is 3.11. The molecule has 0 bridgehead atoms. The molecule has 1 heterocycles. The Morgan fingerprint density at radius 1 is 1.27 bits per heavy atom. The summed E-state index contributed by atoms with van der Waals surface area (Å²) in [5.41, 5.74) is 0.0697. The predicted molar refractivity (Wildman–Crippen MR) is 65.2 cm³/mol. The Kier molecular flexibility index (Phi) is 5.07. The van der Waals surface area contributed by atoms with Gasteiger partial charge >= 0.3 is 0 Å². The van der Waals surface area contributed by atoms with Crippen molar-refractivity contribution in [2.24, 2.45) is 0 Å². The van der Waals surface area contributed by atoms with E-state index in [0.717, 1.165) is 13.0 Å². The molecule has 90 valence electrons. The van der Waals surface area contributed by atoms with E-state index >= 15 is 0 Å². The molecule has 0 saturated carbocycles. The molecule has 2 nitrogen and oxygen atoms in total. The lowest BCUT2D eigenvalue weighted by atomic mass is 9.93. The number of hydrogen-bond acceptors (Lipinski definition) is 2. The second-order valence-corrected chi connectivity index (χ2v) is 5.04. The first-order valence-electron chi connectivity index (χ1n) is 6.56. The average Bonchev–Trinajstić information content (AvgIpc) is 2.19. The van der Waals surface area contributed by atoms with Crippen LogP contribution in [0, 0.1) is 0 Å². The van der Waals surface area contributed by atoms with E-state index in [0.29, 0.717) is 12.1 Å². The third-order valence-corrected chi connectivity index (χ3v) is 3.41. The SMILES string of the molecule is CCCC1OC(C)(CCC)CNC1CC. The summed E-state index contributed by atoms with van der Waals surface area (Å²) >= 11 is 0. The lowest BCUT2D eigenvalue weighted by molar-refractivity contribution is -0.132. The van der Waals surface area contributed by atoms with Gasteiger partial charge in [-0.2, -0.15) is 0 Å². The van der Waals surface area contributed by atoms with Crippen molar-refractivity contribution in [2.45, 2.75) is 77.5 Å². The highest BCUT2D eigenvalue weighted by Gasteiger charge is 2.36. The van der Waals surface area contributed by atoms with Crippen molar-refractivity contribution < 1.29 is 4.74 Å². The first-order valence-corrected chi connectivity index (χ1v) is 6.56. The maximum absolute atomic E-state index is 6.30. The maximum Gasteiger partial charge on any atom is 0.0782 e. The second kappa shape index (κ2) is 5.86. The third-order valence-electron chi connectivity index (χ3n) is 3.41. The molecule has 1 N–H and O–H groups in total. The molecule has 1 aliphatic rings. The van der Waals surface area contributed by atoms with Crippen molar-refractivity contribution in [3.63, 3.8) is 0 Å². The Labute approximate surface area is 94.8 Å². The zero-order valence-corrected chi connectivity index (χ0v) is 10.8. The molecule has 0 radical (unpaired) electrons. The molecular formula is C13H27NO. The molecule has 1 rings (SSSR count). The monoisotopic (exact) mass is 213 g/mol. The van der Waals surface area contributed by atoms with Crippen LogP contribution in [0.3, 0.4) is 0 Å². The van der Waals surface area contributed by atoms with Gasteiger partial charge in [0.05, 0.1) is 11.7 Å². The molecule has 0 aromatic carbocycles. The van der Waals surface area contributed by atoms with Crippen molar-refractivity contribution in [3.8, 4) is 0 Å². The van der Waals surface area contributed by atoms with Crippen molar-refractivity contribution in [1.29, 1.82) is 0 Å². The van der Waals surface area contributed by atoms with E-state index in [9.17, 15) is 0 Å². The topological polar surface area (TPSA) is 21.3 Å². The van der Waals surface area contributed by atoms with Crippen LogP contribution in [0.4, 0.5) is 0 Å². The summed E-state index contributed by atoms with van der Waals surface area (Å²) in [7, 11) is 0. The van der Waals surface area contributed by atoms with Gasteiger partial charge in [-0.15, -0.1) is 0 Å². The molecule has 3 atom stereocenters. The normalized spacial score (nSPS) is 36.8. The van der Waals surface area contributed by atoms with E-state index in [2.05, 4.69) is 33.0 Å². The summed E-state index contributed by atoms with van der Waals surface area (Å²) < 4.78 is 6.30. The molecule has 0 spiro atoms. The Morgan fingerprint density at radius 3 is 2.53 bits per heavy atom. The van der Waals surface area contributed by atoms with Gasteiger partial charge in [-0.1, -0.05) is 33.6 Å². The fourth-order valence-corrected chi connectivity index (χ4v) is 2.60. The lowest BCUT2D eigenvalue weighted by Crippen LogP contribution is -2.57. The smallest absolute Gasteiger partial charge is 0.0782 e. The molecule has 3 unspecified atom stereocenters. The van der Waals surface area contributed by atoms with Gasteiger partial charge in [-0.05, 0) is 26.2 Å². The quantitative estimate of drug-likeness (QED) is 0.757. The van der Waals surface area contributed by atoms with E-state index in [1.165, 1.54) is 25.7 Å². The van der Waals surface area contributed by atoms with Crippen LogP contribution in [0.2, 0.25) is 0 Å². The van der Waals surface area contributed by atoms with Gasteiger partial charge in [0.25, 0.3) is 0 Å². The molecule has 15 heavy (non-hydrogen) atoms. The Hall–Kier alpha value is -0.0800. The first-order chi connectivity index (χ1) is 7.15. The van der Waals surface area contributed by atoms with Crippen LogP contribution in [0.15, 0.2) is 0 Å². The minimum atomic E-state index is 0.0697. The average molecular weight is 213 g/mol. The number of nitrogens with one attached hydrogen (secondary N) is 1. The summed E-state index contributed by atoms with van der Waals surface area (Å²) in [5, 5.41) is 3.65. The molecule has 1 saturated heterocycles. The Balaban J connectivity index is 2.56. The highest BCUT2D eigenvalue weighted by molar-refractivity contribution is 4.90. The van der Waals surface area contributed by atoms with Crippen molar-refractivity contribution in [2.75, 3.05) is 6.54 Å². The minimum absolute atomic E-state index is 0.0697. The van der Waals surface area contributed by atoms with E-state index in [1.54, 1.807) is 0 Å². The van der Waals surface area contributed by atoms with Crippen LogP contribution < -0.4 is 5.32 Å². The summed E-state index contributed by atoms with van der Waals surface area (Å²) in [6.07, 6.45) is 6.36. The first kappa shape index (κ1) is 13.0. The van der Waals surface area contributed by atoms with Crippen LogP contribution in [0.1, 0.15) is 59.8 Å². The Morgan fingerprint density at radius 2 is 2.00 bits per heavy atom. The van der Waals surface area contributed by atoms with Gasteiger partial charge in [-0.3, -0.25) is 0 Å². The largest absolute Gasteiger partial charge is 0.369 e. The summed E-state index contributed by atoms with van der Waals surface area (Å²) in [6, 6.07) is 0.565. The number of hydrogen-bond donors (Lipinski definition) is 1. The highest BCUT2D eigenvalue weighted by atomic mass is 16.5. The maximum atomic E-state index is 6.30. The van der Waals surface area contributed by atoms with Gasteiger partial charge in [0.2, 0.25) is 0 Å². The number of morpholine rings is 1. The molecule has 0 aliphatic carbocycles. The minimum Gasteiger partial charge on any atom is -0.369 e. The van der Waals surface area contributed by atoms with Gasteiger partial charge in [0, 0.05) is 12.6 Å². The van der Waals surface area contributed by atoms with Crippen LogP contribution in [-0.4, -0.2) is 24.3 Å². The second-order valence-electron chi connectivity index (χ2n) is 5.04. The van der Waals surface area contributed by atoms with E-state index in [-0.39, 0.29) is 5.60 Å². The van der Waals surface area contributed by atoms with Crippen LogP contribution in [0.25, 0.3) is 0 Å². The molecule has 0 aromatic heterocycles. The molecule has 1 fully saturated rings. The standard InChI is InChI=1S/C13H27NO/c1-5-8-12-11(7-3)14-10-13(4,15-12)9-6-2/h11-12,14H,5-10H2,1-4H3.